The molecule has 16 heavy (non-hydrogen) atoms. The van der Waals surface area contributed by atoms with Crippen molar-refractivity contribution in [3.05, 3.63) is 23.8 Å². The topological polar surface area (TPSA) is 38.0 Å². The zero-order valence-electron chi connectivity index (χ0n) is 9.99. The Morgan fingerprint density at radius 2 is 2.19 bits per heavy atom. The Morgan fingerprint density at radius 1 is 1.38 bits per heavy atom. The van der Waals surface area contributed by atoms with Crippen molar-refractivity contribution < 1.29 is 0 Å². The zero-order chi connectivity index (χ0) is 11.5. The van der Waals surface area contributed by atoms with E-state index in [-0.39, 0.29) is 0 Å². The first-order valence-corrected chi connectivity index (χ1v) is 7.13. The average Bonchev–Trinajstić information content (AvgIpc) is 2.71. The lowest BCUT2D eigenvalue weighted by atomic mass is 10.1. The summed E-state index contributed by atoms with van der Waals surface area (Å²) in [6.45, 7) is 2.06. The Hall–Kier alpha value is -0.830. The van der Waals surface area contributed by atoms with Gasteiger partial charge in [0.05, 0.1) is 0 Å². The maximum atomic E-state index is 5.81. The van der Waals surface area contributed by atoms with E-state index in [1.807, 2.05) is 17.8 Å². The first-order chi connectivity index (χ1) is 7.69. The van der Waals surface area contributed by atoms with Gasteiger partial charge in [0.1, 0.15) is 0 Å². The summed E-state index contributed by atoms with van der Waals surface area (Å²) in [6, 6.07) is 6.84. The van der Waals surface area contributed by atoms with E-state index in [4.69, 9.17) is 5.73 Å². The van der Waals surface area contributed by atoms with Gasteiger partial charge in [-0.25, -0.2) is 0 Å². The van der Waals surface area contributed by atoms with Gasteiger partial charge in [-0.2, -0.15) is 11.8 Å². The number of nitrogens with one attached hydrogen (secondary N) is 1. The van der Waals surface area contributed by atoms with Crippen LogP contribution in [0, 0.1) is 6.92 Å². The van der Waals surface area contributed by atoms with Crippen LogP contribution in [0.3, 0.4) is 0 Å². The van der Waals surface area contributed by atoms with Gasteiger partial charge in [0.15, 0.2) is 0 Å². The van der Waals surface area contributed by atoms with E-state index in [2.05, 4.69) is 30.6 Å². The molecule has 3 N–H and O–H groups in total. The normalized spacial score (nSPS) is 24.6. The number of aryl methyl sites for hydroxylation is 1. The van der Waals surface area contributed by atoms with Crippen LogP contribution in [0.25, 0.3) is 0 Å². The molecule has 0 heterocycles. The second-order valence-corrected chi connectivity index (χ2v) is 5.72. The van der Waals surface area contributed by atoms with Gasteiger partial charge in [0, 0.05) is 22.7 Å². The summed E-state index contributed by atoms with van der Waals surface area (Å²) < 4.78 is 0. The van der Waals surface area contributed by atoms with Gasteiger partial charge in [0.25, 0.3) is 0 Å². The molecule has 1 saturated carbocycles. The van der Waals surface area contributed by atoms with Crippen molar-refractivity contribution in [2.45, 2.75) is 37.5 Å². The fraction of sp³-hybridized carbons (Fsp3) is 0.538. The third-order valence-corrected chi connectivity index (χ3v) is 4.45. The molecule has 2 nitrogen and oxygen atoms in total. The van der Waals surface area contributed by atoms with Gasteiger partial charge < -0.3 is 11.1 Å². The molecule has 0 bridgehead atoms. The van der Waals surface area contributed by atoms with Crippen molar-refractivity contribution in [2.75, 3.05) is 17.3 Å². The number of benzene rings is 1. The second-order valence-electron chi connectivity index (χ2n) is 4.58. The number of hydrogen-bond donors (Lipinski definition) is 2. The number of nitrogen functional groups attached to an aromatic ring is 1. The highest BCUT2D eigenvalue weighted by atomic mass is 32.2. The van der Waals surface area contributed by atoms with E-state index in [1.54, 1.807) is 0 Å². The zero-order valence-corrected chi connectivity index (χ0v) is 10.8. The SMILES string of the molecule is CSC1CCC(Nc2ccc(N)c(C)c2)C1. The fourth-order valence-electron chi connectivity index (χ4n) is 2.29. The molecule has 1 fully saturated rings. The van der Waals surface area contributed by atoms with E-state index >= 15 is 0 Å². The van der Waals surface area contributed by atoms with Crippen LogP contribution in [0.15, 0.2) is 18.2 Å². The Bertz CT molecular complexity index is 365. The van der Waals surface area contributed by atoms with Crippen molar-refractivity contribution in [3.63, 3.8) is 0 Å². The molecule has 0 radical (unpaired) electrons. The van der Waals surface area contributed by atoms with Gasteiger partial charge >= 0.3 is 0 Å². The molecule has 2 rings (SSSR count). The Balaban J connectivity index is 1.97. The van der Waals surface area contributed by atoms with Crippen LogP contribution in [0.5, 0.6) is 0 Å². The highest BCUT2D eigenvalue weighted by Crippen LogP contribution is 2.30. The van der Waals surface area contributed by atoms with Crippen LogP contribution in [0.4, 0.5) is 11.4 Å². The van der Waals surface area contributed by atoms with E-state index in [0.717, 1.165) is 16.5 Å². The van der Waals surface area contributed by atoms with Crippen molar-refractivity contribution >= 4 is 23.1 Å². The number of hydrogen-bond acceptors (Lipinski definition) is 3. The summed E-state index contributed by atoms with van der Waals surface area (Å²) in [5.41, 5.74) is 9.05. The first kappa shape index (κ1) is 11.6. The lowest BCUT2D eigenvalue weighted by Crippen LogP contribution is -2.16. The molecule has 1 aromatic rings. The molecule has 1 aromatic carbocycles. The summed E-state index contributed by atoms with van der Waals surface area (Å²) in [5, 5.41) is 4.44. The van der Waals surface area contributed by atoms with Crippen LogP contribution < -0.4 is 11.1 Å². The maximum Gasteiger partial charge on any atom is 0.0346 e. The van der Waals surface area contributed by atoms with Crippen LogP contribution in [0.2, 0.25) is 0 Å². The molecule has 0 amide bonds. The quantitative estimate of drug-likeness (QED) is 0.791. The molecule has 2 unspecified atom stereocenters. The van der Waals surface area contributed by atoms with Crippen molar-refractivity contribution in [1.29, 1.82) is 0 Å². The Morgan fingerprint density at radius 3 is 2.81 bits per heavy atom. The number of rotatable bonds is 3. The molecule has 0 aromatic heterocycles. The number of nitrogens with two attached hydrogens (primary N) is 1. The van der Waals surface area contributed by atoms with Crippen LogP contribution in [-0.2, 0) is 0 Å². The summed E-state index contributed by atoms with van der Waals surface area (Å²) in [4.78, 5) is 0. The molecule has 2 atom stereocenters. The predicted octanol–water partition coefficient (Wildman–Crippen LogP) is 3.27. The Kier molecular flexibility index (Phi) is 3.64. The minimum atomic E-state index is 0.639. The van der Waals surface area contributed by atoms with Crippen LogP contribution in [-0.4, -0.2) is 17.5 Å². The van der Waals surface area contributed by atoms with E-state index < -0.39 is 0 Å². The third kappa shape index (κ3) is 2.64. The van der Waals surface area contributed by atoms with E-state index in [0.29, 0.717) is 6.04 Å². The number of anilines is 2. The lowest BCUT2D eigenvalue weighted by Gasteiger charge is -2.15. The minimum Gasteiger partial charge on any atom is -0.399 e. The molecule has 0 aliphatic heterocycles. The molecule has 3 heteroatoms. The summed E-state index contributed by atoms with van der Waals surface area (Å²) in [6.07, 6.45) is 6.12. The van der Waals surface area contributed by atoms with Gasteiger partial charge in [0.2, 0.25) is 0 Å². The second kappa shape index (κ2) is 5.00. The largest absolute Gasteiger partial charge is 0.399 e. The summed E-state index contributed by atoms with van der Waals surface area (Å²) >= 11 is 1.99. The van der Waals surface area contributed by atoms with E-state index in [9.17, 15) is 0 Å². The van der Waals surface area contributed by atoms with E-state index in [1.165, 1.54) is 24.9 Å². The van der Waals surface area contributed by atoms with Gasteiger partial charge in [-0.1, -0.05) is 0 Å². The molecule has 0 saturated heterocycles. The minimum absolute atomic E-state index is 0.639. The molecule has 1 aliphatic rings. The third-order valence-electron chi connectivity index (χ3n) is 3.36. The monoisotopic (exact) mass is 236 g/mol. The standard InChI is InChI=1S/C13H20N2S/c1-9-7-10(4-6-13(9)14)15-11-3-5-12(8-11)16-2/h4,6-7,11-12,15H,3,5,8,14H2,1-2H3. The summed E-state index contributed by atoms with van der Waals surface area (Å²) in [5.74, 6) is 0. The first-order valence-electron chi connectivity index (χ1n) is 5.84. The highest BCUT2D eigenvalue weighted by Gasteiger charge is 2.23. The predicted molar refractivity (Wildman–Crippen MR) is 74.2 cm³/mol. The molecular formula is C13H20N2S. The fourth-order valence-corrected chi connectivity index (χ4v) is 3.08. The van der Waals surface area contributed by atoms with Crippen LogP contribution >= 0.6 is 11.8 Å². The molecule has 1 aliphatic carbocycles. The van der Waals surface area contributed by atoms with Crippen LogP contribution in [0.1, 0.15) is 24.8 Å². The van der Waals surface area contributed by atoms with Gasteiger partial charge in [-0.15, -0.1) is 0 Å². The molecule has 88 valence electrons. The average molecular weight is 236 g/mol. The van der Waals surface area contributed by atoms with Gasteiger partial charge in [-0.3, -0.25) is 0 Å². The molecule has 0 spiro atoms. The maximum absolute atomic E-state index is 5.81. The highest BCUT2D eigenvalue weighted by molar-refractivity contribution is 7.99. The number of thioether (sulfide) groups is 1. The smallest absolute Gasteiger partial charge is 0.0346 e. The lowest BCUT2D eigenvalue weighted by molar-refractivity contribution is 0.757. The van der Waals surface area contributed by atoms with Crippen molar-refractivity contribution in [1.82, 2.24) is 0 Å². The van der Waals surface area contributed by atoms with Gasteiger partial charge in [-0.05, 0) is 56.2 Å². The Labute approximate surface area is 102 Å². The van der Waals surface area contributed by atoms with Crippen molar-refractivity contribution in [3.8, 4) is 0 Å². The van der Waals surface area contributed by atoms with Crippen molar-refractivity contribution in [2.24, 2.45) is 0 Å². The summed E-state index contributed by atoms with van der Waals surface area (Å²) in [7, 11) is 0. The molecular weight excluding hydrogens is 216 g/mol.